The lowest BCUT2D eigenvalue weighted by Crippen LogP contribution is -2.51. The lowest BCUT2D eigenvalue weighted by molar-refractivity contribution is -0.141. The van der Waals surface area contributed by atoms with Gasteiger partial charge in [-0.25, -0.2) is 12.8 Å². The molecule has 2 aromatic rings. The van der Waals surface area contributed by atoms with Crippen LogP contribution in [0.4, 0.5) is 10.1 Å². The van der Waals surface area contributed by atoms with Crippen molar-refractivity contribution in [1.82, 2.24) is 10.2 Å². The molecule has 1 N–H and O–H groups in total. The average Bonchev–Trinajstić information content (AvgIpc) is 2.89. The molecule has 1 aliphatic rings. The number of halogens is 2. The van der Waals surface area contributed by atoms with Crippen molar-refractivity contribution in [3.05, 3.63) is 64.4 Å². The molecule has 0 aliphatic heterocycles. The Labute approximate surface area is 236 Å². The van der Waals surface area contributed by atoms with Crippen molar-refractivity contribution in [1.29, 1.82) is 0 Å². The topological polar surface area (TPSA) is 86.8 Å². The maximum Gasteiger partial charge on any atom is 0.243 e. The van der Waals surface area contributed by atoms with Gasteiger partial charge in [0, 0.05) is 30.6 Å². The first-order chi connectivity index (χ1) is 18.5. The van der Waals surface area contributed by atoms with Crippen LogP contribution in [0.5, 0.6) is 0 Å². The summed E-state index contributed by atoms with van der Waals surface area (Å²) < 4.78 is 40.0. The number of carbonyl (C=O) groups excluding carboxylic acids is 2. The summed E-state index contributed by atoms with van der Waals surface area (Å²) in [5.74, 6) is -0.829. The molecule has 7 nitrogen and oxygen atoms in total. The van der Waals surface area contributed by atoms with Gasteiger partial charge in [0.1, 0.15) is 11.9 Å². The number of anilines is 1. The molecule has 1 aliphatic carbocycles. The van der Waals surface area contributed by atoms with Crippen molar-refractivity contribution in [2.45, 2.75) is 83.8 Å². The van der Waals surface area contributed by atoms with Gasteiger partial charge in [0.25, 0.3) is 0 Å². The summed E-state index contributed by atoms with van der Waals surface area (Å²) >= 11 is 6.13. The molecule has 0 heterocycles. The smallest absolute Gasteiger partial charge is 0.243 e. The highest BCUT2D eigenvalue weighted by Crippen LogP contribution is 2.27. The third-order valence-corrected chi connectivity index (χ3v) is 8.61. The molecule has 1 unspecified atom stereocenters. The van der Waals surface area contributed by atoms with Crippen molar-refractivity contribution in [3.8, 4) is 0 Å². The maximum absolute atomic E-state index is 13.6. The number of hydrogen-bond donors (Lipinski definition) is 1. The highest BCUT2D eigenvalue weighted by molar-refractivity contribution is 7.92. The molecule has 2 amide bonds. The SMILES string of the molecule is CCC(C(=O)NC1CCCCC1)N(Cc1ccc(F)cc1)C(=O)CCCN(c1cc(Cl)ccc1C)S(C)(=O)=O. The standard InChI is InChI=1S/C29H39ClFN3O4S/c1-4-26(29(36)32-25-9-6-5-7-10-25)33(20-22-13-16-24(31)17-14-22)28(35)11-8-18-34(39(3,37)38)27-19-23(30)15-12-21(27)2/h12-17,19,25-26H,4-11,18,20H2,1-3H3,(H,32,36). The molecule has 1 fully saturated rings. The van der Waals surface area contributed by atoms with E-state index in [2.05, 4.69) is 5.32 Å². The van der Waals surface area contributed by atoms with E-state index in [-0.39, 0.29) is 49.6 Å². The van der Waals surface area contributed by atoms with Crippen LogP contribution in [0.3, 0.4) is 0 Å². The van der Waals surface area contributed by atoms with Crippen LogP contribution in [0, 0.1) is 12.7 Å². The van der Waals surface area contributed by atoms with E-state index in [1.165, 1.54) is 16.4 Å². The molecule has 214 valence electrons. The maximum atomic E-state index is 13.6. The summed E-state index contributed by atoms with van der Waals surface area (Å²) in [7, 11) is -3.63. The van der Waals surface area contributed by atoms with Gasteiger partial charge in [0.2, 0.25) is 21.8 Å². The molecule has 10 heteroatoms. The highest BCUT2D eigenvalue weighted by Gasteiger charge is 2.30. The quantitative estimate of drug-likeness (QED) is 0.355. The first-order valence-electron chi connectivity index (χ1n) is 13.6. The minimum absolute atomic E-state index is 0.0417. The largest absolute Gasteiger partial charge is 0.352 e. The lowest BCUT2D eigenvalue weighted by atomic mass is 9.95. The first-order valence-corrected chi connectivity index (χ1v) is 15.8. The fourth-order valence-corrected chi connectivity index (χ4v) is 6.27. The number of aryl methyl sites for hydroxylation is 1. The van der Waals surface area contributed by atoms with E-state index >= 15 is 0 Å². The Balaban J connectivity index is 1.77. The summed E-state index contributed by atoms with van der Waals surface area (Å²) in [5, 5.41) is 3.55. The second kappa shape index (κ2) is 14.1. The van der Waals surface area contributed by atoms with Crippen LogP contribution in [0.15, 0.2) is 42.5 Å². The molecule has 1 atom stereocenters. The van der Waals surface area contributed by atoms with Gasteiger partial charge in [-0.1, -0.05) is 56.0 Å². The monoisotopic (exact) mass is 579 g/mol. The first kappa shape index (κ1) is 30.9. The van der Waals surface area contributed by atoms with Gasteiger partial charge in [0.05, 0.1) is 11.9 Å². The minimum atomic E-state index is -3.63. The Hall–Kier alpha value is -2.65. The lowest BCUT2D eigenvalue weighted by Gasteiger charge is -2.33. The van der Waals surface area contributed by atoms with Crippen LogP contribution in [0.25, 0.3) is 0 Å². The van der Waals surface area contributed by atoms with Crippen LogP contribution < -0.4 is 9.62 Å². The summed E-state index contributed by atoms with van der Waals surface area (Å²) in [6.45, 7) is 3.90. The van der Waals surface area contributed by atoms with Gasteiger partial charge in [-0.05, 0) is 68.0 Å². The van der Waals surface area contributed by atoms with E-state index < -0.39 is 16.1 Å². The Bertz CT molecular complexity index is 1230. The van der Waals surface area contributed by atoms with Gasteiger partial charge in [-0.15, -0.1) is 0 Å². The predicted molar refractivity (Wildman–Crippen MR) is 154 cm³/mol. The molecule has 0 saturated heterocycles. The summed E-state index contributed by atoms with van der Waals surface area (Å²) in [4.78, 5) is 28.5. The van der Waals surface area contributed by atoms with Gasteiger partial charge in [-0.3, -0.25) is 13.9 Å². The van der Waals surface area contributed by atoms with Crippen molar-refractivity contribution < 1.29 is 22.4 Å². The molecule has 0 aromatic heterocycles. The van der Waals surface area contributed by atoms with Crippen LogP contribution in [-0.4, -0.2) is 50.0 Å². The Morgan fingerprint density at radius 3 is 2.38 bits per heavy atom. The van der Waals surface area contributed by atoms with E-state index in [1.807, 2.05) is 6.92 Å². The summed E-state index contributed by atoms with van der Waals surface area (Å²) in [6, 6.07) is 10.3. The Morgan fingerprint density at radius 2 is 1.77 bits per heavy atom. The van der Waals surface area contributed by atoms with Crippen molar-refractivity contribution >= 4 is 39.1 Å². The van der Waals surface area contributed by atoms with Gasteiger partial charge in [0.15, 0.2) is 0 Å². The van der Waals surface area contributed by atoms with Gasteiger partial charge < -0.3 is 10.2 Å². The molecule has 3 rings (SSSR count). The highest BCUT2D eigenvalue weighted by atomic mass is 35.5. The molecular weight excluding hydrogens is 541 g/mol. The number of nitrogens with zero attached hydrogens (tertiary/aromatic N) is 2. The molecule has 0 radical (unpaired) electrons. The summed E-state index contributed by atoms with van der Waals surface area (Å²) in [6.07, 6.45) is 7.00. The number of nitrogens with one attached hydrogen (secondary N) is 1. The third-order valence-electron chi connectivity index (χ3n) is 7.20. The fraction of sp³-hybridized carbons (Fsp3) is 0.517. The summed E-state index contributed by atoms with van der Waals surface area (Å²) in [5.41, 5.74) is 1.93. The second-order valence-corrected chi connectivity index (χ2v) is 12.6. The normalized spacial score (nSPS) is 15.0. The number of rotatable bonds is 12. The minimum Gasteiger partial charge on any atom is -0.352 e. The molecule has 0 spiro atoms. The zero-order valence-electron chi connectivity index (χ0n) is 23.0. The van der Waals surface area contributed by atoms with Gasteiger partial charge in [-0.2, -0.15) is 0 Å². The van der Waals surface area contributed by atoms with E-state index in [0.717, 1.165) is 43.9 Å². The molecule has 2 aromatic carbocycles. The van der Waals surface area contributed by atoms with Crippen LogP contribution in [0.1, 0.15) is 69.4 Å². The fourth-order valence-electron chi connectivity index (χ4n) is 5.08. The molecule has 1 saturated carbocycles. The number of amides is 2. The number of carbonyl (C=O) groups is 2. The predicted octanol–water partition coefficient (Wildman–Crippen LogP) is 5.59. The van der Waals surface area contributed by atoms with Crippen molar-refractivity contribution in [2.75, 3.05) is 17.1 Å². The zero-order valence-corrected chi connectivity index (χ0v) is 24.5. The van der Waals surface area contributed by atoms with Crippen LogP contribution >= 0.6 is 11.6 Å². The molecule has 39 heavy (non-hydrogen) atoms. The van der Waals surface area contributed by atoms with Crippen LogP contribution in [0.2, 0.25) is 5.02 Å². The Kier molecular flexibility index (Phi) is 11.2. The van der Waals surface area contributed by atoms with E-state index in [1.54, 1.807) is 42.2 Å². The molecular formula is C29H39ClFN3O4S. The van der Waals surface area contributed by atoms with Gasteiger partial charge >= 0.3 is 0 Å². The third kappa shape index (κ3) is 8.93. The Morgan fingerprint density at radius 1 is 1.10 bits per heavy atom. The zero-order chi connectivity index (χ0) is 28.6. The van der Waals surface area contributed by atoms with Crippen molar-refractivity contribution in [3.63, 3.8) is 0 Å². The van der Waals surface area contributed by atoms with E-state index in [9.17, 15) is 22.4 Å². The number of benzene rings is 2. The average molecular weight is 580 g/mol. The van der Waals surface area contributed by atoms with Crippen LogP contribution in [-0.2, 0) is 26.2 Å². The van der Waals surface area contributed by atoms with E-state index in [0.29, 0.717) is 22.7 Å². The van der Waals surface area contributed by atoms with Crippen molar-refractivity contribution in [2.24, 2.45) is 0 Å². The number of sulfonamides is 1. The number of hydrogen-bond acceptors (Lipinski definition) is 4. The van der Waals surface area contributed by atoms with E-state index in [4.69, 9.17) is 11.6 Å². The second-order valence-electron chi connectivity index (χ2n) is 10.3. The molecule has 0 bridgehead atoms.